The highest BCUT2D eigenvalue weighted by atomic mass is 19.1. The molecule has 1 aromatic carbocycles. The van der Waals surface area contributed by atoms with Gasteiger partial charge >= 0.3 is 0 Å². The molecule has 0 aliphatic heterocycles. The van der Waals surface area contributed by atoms with Crippen LogP contribution < -0.4 is 10.5 Å². The molecule has 0 saturated carbocycles. The van der Waals surface area contributed by atoms with E-state index >= 15 is 0 Å². The predicted molar refractivity (Wildman–Crippen MR) is 51.1 cm³/mol. The molecule has 3 nitrogen and oxygen atoms in total. The standard InChI is InChI=1S/C10H9F2NO2/c1-15-10-6(2-3-9(13)14)4-7(11)5-8(10)12/h2-5H,1H3,(H2,13,14). The average Bonchev–Trinajstić information content (AvgIpc) is 2.13. The van der Waals surface area contributed by atoms with Gasteiger partial charge in [-0.2, -0.15) is 0 Å². The van der Waals surface area contributed by atoms with Crippen LogP contribution >= 0.6 is 0 Å². The summed E-state index contributed by atoms with van der Waals surface area (Å²) in [5, 5.41) is 0. The fourth-order valence-electron chi connectivity index (χ4n) is 1.09. The zero-order chi connectivity index (χ0) is 11.4. The Kier molecular flexibility index (Phi) is 3.38. The van der Waals surface area contributed by atoms with E-state index in [4.69, 9.17) is 10.5 Å². The molecule has 0 aliphatic rings. The Morgan fingerprint density at radius 2 is 2.13 bits per heavy atom. The van der Waals surface area contributed by atoms with Gasteiger partial charge in [0.2, 0.25) is 5.91 Å². The minimum Gasteiger partial charge on any atom is -0.493 e. The fourth-order valence-corrected chi connectivity index (χ4v) is 1.09. The van der Waals surface area contributed by atoms with Gasteiger partial charge in [0.25, 0.3) is 0 Å². The number of hydrogen-bond donors (Lipinski definition) is 1. The summed E-state index contributed by atoms with van der Waals surface area (Å²) in [4.78, 5) is 10.4. The molecule has 2 N–H and O–H groups in total. The fraction of sp³-hybridized carbons (Fsp3) is 0.100. The van der Waals surface area contributed by atoms with Crippen molar-refractivity contribution in [2.24, 2.45) is 5.73 Å². The van der Waals surface area contributed by atoms with E-state index in [9.17, 15) is 13.6 Å². The zero-order valence-corrected chi connectivity index (χ0v) is 7.96. The lowest BCUT2D eigenvalue weighted by Gasteiger charge is -2.05. The Balaban J connectivity index is 3.20. The van der Waals surface area contributed by atoms with E-state index in [0.29, 0.717) is 6.07 Å². The van der Waals surface area contributed by atoms with Crippen LogP contribution in [0.4, 0.5) is 8.78 Å². The Bertz CT molecular complexity index is 416. The van der Waals surface area contributed by atoms with E-state index in [0.717, 1.165) is 12.1 Å². The van der Waals surface area contributed by atoms with Gasteiger partial charge in [-0.15, -0.1) is 0 Å². The van der Waals surface area contributed by atoms with Crippen molar-refractivity contribution in [2.75, 3.05) is 7.11 Å². The largest absolute Gasteiger partial charge is 0.493 e. The van der Waals surface area contributed by atoms with Gasteiger partial charge in [-0.1, -0.05) is 0 Å². The van der Waals surface area contributed by atoms with Gasteiger partial charge in [-0.25, -0.2) is 8.78 Å². The molecule has 80 valence electrons. The average molecular weight is 213 g/mol. The lowest BCUT2D eigenvalue weighted by atomic mass is 10.1. The monoisotopic (exact) mass is 213 g/mol. The van der Waals surface area contributed by atoms with Crippen molar-refractivity contribution in [2.45, 2.75) is 0 Å². The highest BCUT2D eigenvalue weighted by Crippen LogP contribution is 2.24. The molecule has 0 saturated heterocycles. The second-order valence-corrected chi connectivity index (χ2v) is 2.75. The van der Waals surface area contributed by atoms with Crippen LogP contribution in [-0.4, -0.2) is 13.0 Å². The number of methoxy groups -OCH3 is 1. The number of rotatable bonds is 3. The second-order valence-electron chi connectivity index (χ2n) is 2.75. The summed E-state index contributed by atoms with van der Waals surface area (Å²) in [6.45, 7) is 0. The SMILES string of the molecule is COc1c(F)cc(F)cc1C=CC(N)=O. The molecule has 5 heteroatoms. The number of halogens is 2. The molecule has 0 aromatic heterocycles. The van der Waals surface area contributed by atoms with E-state index in [-0.39, 0.29) is 11.3 Å². The van der Waals surface area contributed by atoms with Gasteiger partial charge < -0.3 is 10.5 Å². The summed E-state index contributed by atoms with van der Waals surface area (Å²) >= 11 is 0. The number of amides is 1. The summed E-state index contributed by atoms with van der Waals surface area (Å²) in [7, 11) is 1.25. The molecule has 0 radical (unpaired) electrons. The van der Waals surface area contributed by atoms with E-state index in [2.05, 4.69) is 0 Å². The molecule has 0 heterocycles. The first kappa shape index (κ1) is 11.2. The third-order valence-corrected chi connectivity index (χ3v) is 1.67. The van der Waals surface area contributed by atoms with Gasteiger partial charge in [0.05, 0.1) is 7.11 Å². The highest BCUT2D eigenvalue weighted by Gasteiger charge is 2.09. The van der Waals surface area contributed by atoms with Gasteiger partial charge in [0.15, 0.2) is 11.6 Å². The molecule has 0 aliphatic carbocycles. The minimum atomic E-state index is -0.832. The Morgan fingerprint density at radius 1 is 1.47 bits per heavy atom. The maximum absolute atomic E-state index is 13.1. The van der Waals surface area contributed by atoms with Crippen molar-refractivity contribution < 1.29 is 18.3 Å². The lowest BCUT2D eigenvalue weighted by Crippen LogP contribution is -2.05. The van der Waals surface area contributed by atoms with Crippen LogP contribution in [0.1, 0.15) is 5.56 Å². The van der Waals surface area contributed by atoms with E-state index in [1.165, 1.54) is 13.2 Å². The summed E-state index contributed by atoms with van der Waals surface area (Å²) < 4.78 is 30.7. The molecule has 0 fully saturated rings. The molecule has 0 atom stereocenters. The number of primary amides is 1. The molecular formula is C10H9F2NO2. The number of carbonyl (C=O) groups is 1. The van der Waals surface area contributed by atoms with Crippen molar-refractivity contribution in [1.29, 1.82) is 0 Å². The van der Waals surface area contributed by atoms with Crippen molar-refractivity contribution in [1.82, 2.24) is 0 Å². The van der Waals surface area contributed by atoms with Gasteiger partial charge in [-0.3, -0.25) is 4.79 Å². The molecular weight excluding hydrogens is 204 g/mol. The van der Waals surface area contributed by atoms with Crippen LogP contribution in [0.3, 0.4) is 0 Å². The Labute approximate surface area is 85.1 Å². The number of benzene rings is 1. The highest BCUT2D eigenvalue weighted by molar-refractivity contribution is 5.90. The van der Waals surface area contributed by atoms with Gasteiger partial charge in [0, 0.05) is 17.7 Å². The Hall–Kier alpha value is -1.91. The minimum absolute atomic E-state index is 0.119. The molecule has 1 amide bonds. The maximum Gasteiger partial charge on any atom is 0.241 e. The van der Waals surface area contributed by atoms with E-state index in [1.54, 1.807) is 0 Å². The van der Waals surface area contributed by atoms with E-state index in [1.807, 2.05) is 0 Å². The van der Waals surface area contributed by atoms with Crippen LogP contribution in [0.25, 0.3) is 6.08 Å². The number of carbonyl (C=O) groups excluding carboxylic acids is 1. The number of ether oxygens (including phenoxy) is 1. The first-order valence-corrected chi connectivity index (χ1v) is 4.05. The maximum atomic E-state index is 13.1. The molecule has 0 bridgehead atoms. The normalized spacial score (nSPS) is 10.6. The van der Waals surface area contributed by atoms with Crippen LogP contribution in [0.15, 0.2) is 18.2 Å². The third-order valence-electron chi connectivity index (χ3n) is 1.67. The number of nitrogens with two attached hydrogens (primary N) is 1. The third kappa shape index (κ3) is 2.77. The summed E-state index contributed by atoms with van der Waals surface area (Å²) in [6, 6.07) is 1.74. The molecule has 0 spiro atoms. The zero-order valence-electron chi connectivity index (χ0n) is 7.96. The molecule has 0 unspecified atom stereocenters. The first-order valence-electron chi connectivity index (χ1n) is 4.05. The smallest absolute Gasteiger partial charge is 0.241 e. The summed E-state index contributed by atoms with van der Waals surface area (Å²) in [5.41, 5.74) is 4.97. The van der Waals surface area contributed by atoms with Crippen LogP contribution in [0.5, 0.6) is 5.75 Å². The van der Waals surface area contributed by atoms with Gasteiger partial charge in [0.1, 0.15) is 5.82 Å². The lowest BCUT2D eigenvalue weighted by molar-refractivity contribution is -0.113. The van der Waals surface area contributed by atoms with Crippen molar-refractivity contribution in [3.8, 4) is 5.75 Å². The van der Waals surface area contributed by atoms with Gasteiger partial charge in [-0.05, 0) is 12.1 Å². The van der Waals surface area contributed by atoms with Crippen molar-refractivity contribution in [3.63, 3.8) is 0 Å². The second kappa shape index (κ2) is 4.54. The molecule has 1 aromatic rings. The van der Waals surface area contributed by atoms with Crippen LogP contribution in [0.2, 0.25) is 0 Å². The summed E-state index contributed by atoms with van der Waals surface area (Å²) in [6.07, 6.45) is 2.18. The summed E-state index contributed by atoms with van der Waals surface area (Å²) in [5.74, 6) is -2.42. The quantitative estimate of drug-likeness (QED) is 0.773. The first-order chi connectivity index (χ1) is 7.04. The van der Waals surface area contributed by atoms with Crippen LogP contribution in [-0.2, 0) is 4.79 Å². The predicted octanol–water partition coefficient (Wildman–Crippen LogP) is 1.47. The van der Waals surface area contributed by atoms with E-state index < -0.39 is 17.5 Å². The molecule has 1 rings (SSSR count). The Morgan fingerprint density at radius 3 is 2.67 bits per heavy atom. The van der Waals surface area contributed by atoms with Crippen molar-refractivity contribution >= 4 is 12.0 Å². The van der Waals surface area contributed by atoms with Crippen LogP contribution in [0, 0.1) is 11.6 Å². The van der Waals surface area contributed by atoms with Crippen molar-refractivity contribution in [3.05, 3.63) is 35.4 Å². The number of hydrogen-bond acceptors (Lipinski definition) is 2. The molecule has 15 heavy (non-hydrogen) atoms. The topological polar surface area (TPSA) is 52.3 Å².